The first-order valence-corrected chi connectivity index (χ1v) is 27.8. The van der Waals surface area contributed by atoms with Gasteiger partial charge < -0.3 is 25.6 Å². The molecule has 2 aliphatic carbocycles. The molecule has 0 saturated heterocycles. The monoisotopic (exact) mass is 1020 g/mol. The van der Waals surface area contributed by atoms with Crippen molar-refractivity contribution in [3.05, 3.63) is 79.5 Å². The number of methoxy groups -OCH3 is 2. The fourth-order valence-electron chi connectivity index (χ4n) is 9.66. The van der Waals surface area contributed by atoms with E-state index in [2.05, 4.69) is 27.3 Å². The molecule has 0 atom stereocenters. The Morgan fingerprint density at radius 2 is 1.17 bits per heavy atom. The number of hydrogen-bond donors (Lipinski definition) is 5. The lowest BCUT2D eigenvalue weighted by atomic mass is 9.88. The van der Waals surface area contributed by atoms with Crippen molar-refractivity contribution in [2.45, 2.75) is 113 Å². The first-order valence-electron chi connectivity index (χ1n) is 23.1. The van der Waals surface area contributed by atoms with E-state index in [0.29, 0.717) is 26.7 Å². The highest BCUT2D eigenvalue weighted by Gasteiger charge is 2.29. The van der Waals surface area contributed by atoms with E-state index in [1.54, 1.807) is 11.3 Å². The number of nitrogens with zero attached hydrogens (tertiary/aromatic N) is 4. The van der Waals surface area contributed by atoms with E-state index in [4.69, 9.17) is 30.6 Å². The van der Waals surface area contributed by atoms with Crippen LogP contribution in [0.3, 0.4) is 0 Å². The van der Waals surface area contributed by atoms with E-state index in [0.717, 1.165) is 68.5 Å². The van der Waals surface area contributed by atoms with Crippen LogP contribution in [0.2, 0.25) is 0 Å². The Balaban J connectivity index is 0.000000188. The lowest BCUT2D eigenvalue weighted by Gasteiger charge is -2.32. The minimum absolute atomic E-state index is 0.0164. The Bertz CT molecular complexity index is 2790. The fraction of sp³-hybridized carbons (Fsp3) is 0.500. The van der Waals surface area contributed by atoms with Crippen LogP contribution in [-0.4, -0.2) is 84.0 Å². The Labute approximate surface area is 413 Å². The van der Waals surface area contributed by atoms with Crippen molar-refractivity contribution in [3.63, 3.8) is 0 Å². The Hall–Kier alpha value is -5.10. The molecule has 69 heavy (non-hydrogen) atoms. The van der Waals surface area contributed by atoms with Crippen LogP contribution in [-0.2, 0) is 68.4 Å². The molecule has 21 heteroatoms. The third-order valence-corrected chi connectivity index (χ3v) is 17.3. The van der Waals surface area contributed by atoms with Crippen LogP contribution in [0.25, 0.3) is 0 Å². The zero-order chi connectivity index (χ0) is 49.9. The molecule has 2 saturated carbocycles. The predicted molar refractivity (Wildman–Crippen MR) is 266 cm³/mol. The van der Waals surface area contributed by atoms with Gasteiger partial charge in [-0.25, -0.2) is 27.1 Å². The number of nitrogens with two attached hydrogens (primary N) is 3. The number of aliphatic carboxylic acids is 1. The van der Waals surface area contributed by atoms with Crippen molar-refractivity contribution in [1.29, 1.82) is 10.5 Å². The molecule has 2 aliphatic heterocycles. The topological polar surface area (TPSA) is 285 Å². The Morgan fingerprint density at radius 1 is 0.725 bits per heavy atom. The molecule has 4 aromatic rings. The summed E-state index contributed by atoms with van der Waals surface area (Å²) >= 11 is 3.10. The SMILES string of the molecule is COc1cc(CC(=O)Nc2sc3c(c2C#N)CN(CC2CCCCC2)CC3)ccc1S(N)(=O)=O.COc1cc(CC(=O)O)ccc1S(N)(=O)=O.N#Cc1c(N)sc2c1CN(CC1CCCCC1)CC2. The molecular formula is C48H62N8O9S4. The molecule has 2 aromatic carbocycles. The summed E-state index contributed by atoms with van der Waals surface area (Å²) < 4.78 is 55.6. The van der Waals surface area contributed by atoms with Crippen LogP contribution in [0.4, 0.5) is 10.0 Å². The van der Waals surface area contributed by atoms with Gasteiger partial charge in [-0.15, -0.1) is 22.7 Å². The maximum atomic E-state index is 12.8. The normalized spacial score (nSPS) is 16.8. The summed E-state index contributed by atoms with van der Waals surface area (Å²) in [6.45, 7) is 6.10. The molecule has 0 spiro atoms. The van der Waals surface area contributed by atoms with Gasteiger partial charge in [-0.05, 0) is 85.8 Å². The van der Waals surface area contributed by atoms with Crippen LogP contribution in [0, 0.1) is 34.5 Å². The molecule has 0 bridgehead atoms. The van der Waals surface area contributed by atoms with E-state index >= 15 is 0 Å². The first-order chi connectivity index (χ1) is 32.9. The van der Waals surface area contributed by atoms with Gasteiger partial charge in [0.05, 0.1) is 38.2 Å². The number of primary sulfonamides is 2. The number of nitrogen functional groups attached to an aromatic ring is 1. The average molecular weight is 1020 g/mol. The van der Waals surface area contributed by atoms with Gasteiger partial charge in [0.25, 0.3) is 0 Å². The van der Waals surface area contributed by atoms with Gasteiger partial charge in [0.2, 0.25) is 26.0 Å². The molecule has 8 N–H and O–H groups in total. The van der Waals surface area contributed by atoms with E-state index < -0.39 is 26.0 Å². The molecule has 4 aliphatic rings. The molecule has 372 valence electrons. The highest BCUT2D eigenvalue weighted by atomic mass is 32.2. The smallest absolute Gasteiger partial charge is 0.307 e. The number of rotatable bonds is 13. The van der Waals surface area contributed by atoms with Crippen molar-refractivity contribution in [2.24, 2.45) is 22.1 Å². The highest BCUT2D eigenvalue weighted by molar-refractivity contribution is 7.89. The third-order valence-electron chi connectivity index (χ3n) is 13.0. The Kier molecular flexibility index (Phi) is 18.6. The summed E-state index contributed by atoms with van der Waals surface area (Å²) in [5.41, 5.74) is 10.5. The lowest BCUT2D eigenvalue weighted by molar-refractivity contribution is -0.136. The van der Waals surface area contributed by atoms with E-state index in [1.807, 2.05) is 0 Å². The molecule has 4 heterocycles. The largest absolute Gasteiger partial charge is 0.495 e. The summed E-state index contributed by atoms with van der Waals surface area (Å²) in [4.78, 5) is 30.4. The Morgan fingerprint density at radius 3 is 1.61 bits per heavy atom. The van der Waals surface area contributed by atoms with Crippen molar-refractivity contribution < 1.29 is 41.0 Å². The maximum absolute atomic E-state index is 12.8. The summed E-state index contributed by atoms with van der Waals surface area (Å²) in [7, 11) is -5.16. The minimum Gasteiger partial charge on any atom is -0.495 e. The molecule has 17 nitrogen and oxygen atoms in total. The van der Waals surface area contributed by atoms with Crippen molar-refractivity contribution in [2.75, 3.05) is 51.4 Å². The molecule has 2 fully saturated rings. The van der Waals surface area contributed by atoms with E-state index in [1.165, 1.54) is 148 Å². The predicted octanol–water partition coefficient (Wildman–Crippen LogP) is 6.51. The van der Waals surface area contributed by atoms with Crippen molar-refractivity contribution >= 4 is 64.6 Å². The molecule has 8 rings (SSSR count). The van der Waals surface area contributed by atoms with Gasteiger partial charge in [0.15, 0.2) is 0 Å². The molecule has 0 radical (unpaired) electrons. The van der Waals surface area contributed by atoms with Crippen LogP contribution < -0.4 is 30.8 Å². The lowest BCUT2D eigenvalue weighted by Crippen LogP contribution is -2.34. The van der Waals surface area contributed by atoms with Gasteiger partial charge in [0, 0.05) is 60.1 Å². The summed E-state index contributed by atoms with van der Waals surface area (Å²) in [5, 5.41) is 42.0. The number of hydrogen-bond acceptors (Lipinski definition) is 15. The van der Waals surface area contributed by atoms with Crippen molar-refractivity contribution in [3.8, 4) is 23.6 Å². The number of amides is 1. The second kappa shape index (κ2) is 24.1. The quantitative estimate of drug-likeness (QED) is 0.0955. The maximum Gasteiger partial charge on any atom is 0.307 e. The van der Waals surface area contributed by atoms with Crippen molar-refractivity contribution in [1.82, 2.24) is 9.80 Å². The summed E-state index contributed by atoms with van der Waals surface area (Å²) in [6, 6.07) is 12.9. The summed E-state index contributed by atoms with van der Waals surface area (Å²) in [6.07, 6.45) is 15.3. The zero-order valence-electron chi connectivity index (χ0n) is 39.1. The minimum atomic E-state index is -3.93. The number of nitrogens with one attached hydrogen (secondary N) is 1. The van der Waals surface area contributed by atoms with Crippen LogP contribution >= 0.6 is 22.7 Å². The van der Waals surface area contributed by atoms with Gasteiger partial charge in [-0.2, -0.15) is 10.5 Å². The molecule has 2 aromatic heterocycles. The van der Waals surface area contributed by atoms with Crippen LogP contribution in [0.1, 0.15) is 107 Å². The number of fused-ring (bicyclic) bond motifs is 2. The average Bonchev–Trinajstić information content (AvgIpc) is 3.83. The zero-order valence-corrected chi connectivity index (χ0v) is 42.4. The van der Waals surface area contributed by atoms with Gasteiger partial charge in [-0.1, -0.05) is 50.7 Å². The number of ether oxygens (including phenoxy) is 2. The number of carbonyl (C=O) groups excluding carboxylic acids is 1. The number of anilines is 2. The second-order valence-electron chi connectivity index (χ2n) is 18.0. The van der Waals surface area contributed by atoms with Crippen LogP contribution in [0.5, 0.6) is 11.5 Å². The number of thiophene rings is 2. The standard InChI is InChI=1S/C24H30N4O4S2.C15H21N3S.C9H11NO5S/c1-32-20-11-17(7-8-22(20)34(26,30)31)12-23(29)27-24-18(13-25)19-15-28(10-9-21(19)33-24)14-16-5-3-2-4-6-16;16-8-12-13-10-18(7-6-14(13)19-15(12)17)9-11-4-2-1-3-5-11;1-15-7-4-6(5-9(11)12)2-3-8(7)16(10,13)14/h7-8,11,16H,2-6,9-10,12,14-15H2,1H3,(H,27,29)(H2,26,30,31);11H,1-7,9-10,17H2;2-4H,5H2,1H3,(H,11,12)(H2,10,13,14). The fourth-order valence-corrected chi connectivity index (χ4v) is 13.2. The van der Waals surface area contributed by atoms with Crippen LogP contribution in [0.15, 0.2) is 46.2 Å². The van der Waals surface area contributed by atoms with Gasteiger partial charge in [-0.3, -0.25) is 19.4 Å². The number of carboxylic acid groups (broad SMARTS) is 1. The number of carbonyl (C=O) groups is 2. The van der Waals surface area contributed by atoms with E-state index in [9.17, 15) is 36.9 Å². The van der Waals surface area contributed by atoms with Gasteiger partial charge in [0.1, 0.15) is 43.4 Å². The second-order valence-corrected chi connectivity index (χ2v) is 23.3. The number of nitriles is 2. The molecular weight excluding hydrogens is 961 g/mol. The molecule has 1 amide bonds. The number of sulfonamides is 2. The summed E-state index contributed by atoms with van der Waals surface area (Å²) in [5.74, 6) is 0.467. The first kappa shape index (κ1) is 53.3. The highest BCUT2D eigenvalue weighted by Crippen LogP contribution is 2.39. The number of carboxylic acids is 1. The molecule has 0 unspecified atom stereocenters. The van der Waals surface area contributed by atoms with E-state index in [-0.39, 0.29) is 40.0 Å². The number of benzene rings is 2. The van der Waals surface area contributed by atoms with Gasteiger partial charge >= 0.3 is 5.97 Å². The third kappa shape index (κ3) is 14.5.